The number of hydrogen-bond acceptors (Lipinski definition) is 24. The van der Waals surface area contributed by atoms with Gasteiger partial charge in [0, 0.05) is 25.7 Å². The summed E-state index contributed by atoms with van der Waals surface area (Å²) in [5.74, 6) is -2.94. The maximum absolute atomic E-state index is 14.9. The van der Waals surface area contributed by atoms with E-state index in [1.54, 1.807) is 0 Å². The van der Waals surface area contributed by atoms with E-state index < -0.39 is 162 Å². The maximum Gasteiger partial charge on any atom is 0.472 e. The average Bonchev–Trinajstić information content (AvgIpc) is 0.753. The van der Waals surface area contributed by atoms with Gasteiger partial charge in [0.15, 0.2) is 24.8 Å². The van der Waals surface area contributed by atoms with Crippen molar-refractivity contribution in [3.8, 4) is 0 Å². The molecule has 3 rings (SSSR count). The number of aliphatic hydroxyl groups excluding tert-OH is 9. The fourth-order valence-corrected chi connectivity index (χ4v) is 17.3. The number of phosphoric ester groups is 1. The van der Waals surface area contributed by atoms with Crippen LogP contribution < -0.4 is 0 Å². The Morgan fingerprint density at radius 1 is 0.303 bits per heavy atom. The number of hydrogen-bond donors (Lipinski definition) is 10. The van der Waals surface area contributed by atoms with Crippen molar-refractivity contribution in [3.63, 3.8) is 0 Å². The third kappa shape index (κ3) is 52.4. The summed E-state index contributed by atoms with van der Waals surface area (Å²) in [5.41, 5.74) is 0. The Morgan fingerprint density at radius 2 is 0.580 bits per heavy atom. The van der Waals surface area contributed by atoms with Crippen LogP contribution in [0.3, 0.4) is 0 Å². The van der Waals surface area contributed by atoms with Crippen molar-refractivity contribution in [2.45, 2.75) is 543 Å². The van der Waals surface area contributed by atoms with Crippen molar-refractivity contribution in [1.29, 1.82) is 0 Å². The van der Waals surface area contributed by atoms with E-state index in [2.05, 4.69) is 27.7 Å². The number of esters is 4. The standard InChI is InChI=1S/C93H175O25P/c1-5-9-13-17-21-25-29-33-36-39-43-45-49-53-57-61-65-76(95)109-70-73(112-78(97)67-63-59-55-51-48-44-40-37-34-30-26-22-18-14-10-6-2)71-111-119(107,108)118-91-89(116-92-86(105)82(101)80(99)74(69-94)113-92)85(104)84(103)88(115-79(98)68-64-60-56-52-47-41-32-28-24-20-16-12-8-4)90(91)117-93-87(106)83(102)81(100)75(114-93)72-110-77(96)66-62-58-54-50-46-42-38-35-31-27-23-19-15-11-7-3/h73-75,80-94,99-106H,5-72H2,1-4H3,(H,107,108). The van der Waals surface area contributed by atoms with E-state index in [0.29, 0.717) is 32.1 Å². The zero-order valence-corrected chi connectivity index (χ0v) is 75.8. The van der Waals surface area contributed by atoms with Crippen LogP contribution in [-0.2, 0) is 70.7 Å². The molecule has 119 heavy (non-hydrogen) atoms. The lowest BCUT2D eigenvalue weighted by atomic mass is 9.84. The Hall–Kier alpha value is -2.53. The summed E-state index contributed by atoms with van der Waals surface area (Å²) in [5, 5.41) is 102. The number of carbonyl (C=O) groups excluding carboxylic acids is 4. The minimum atomic E-state index is -5.80. The van der Waals surface area contributed by atoms with Crippen LogP contribution in [0, 0.1) is 0 Å². The monoisotopic (exact) mass is 1720 g/mol. The number of phosphoric acid groups is 1. The minimum Gasteiger partial charge on any atom is -0.463 e. The first-order chi connectivity index (χ1) is 57.7. The van der Waals surface area contributed by atoms with Crippen LogP contribution in [0.4, 0.5) is 0 Å². The Bertz CT molecular complexity index is 2470. The van der Waals surface area contributed by atoms with Crippen molar-refractivity contribution < 1.29 is 122 Å². The van der Waals surface area contributed by atoms with Crippen molar-refractivity contribution >= 4 is 31.7 Å². The van der Waals surface area contributed by atoms with Crippen molar-refractivity contribution in [2.75, 3.05) is 26.4 Å². The molecule has 1 saturated carbocycles. The molecule has 0 radical (unpaired) electrons. The molecule has 0 spiro atoms. The van der Waals surface area contributed by atoms with Crippen LogP contribution in [0.1, 0.15) is 439 Å². The molecular weight excluding hydrogens is 1550 g/mol. The van der Waals surface area contributed by atoms with E-state index in [1.165, 1.54) is 225 Å². The van der Waals surface area contributed by atoms with Gasteiger partial charge in [0.25, 0.3) is 0 Å². The van der Waals surface area contributed by atoms with Crippen LogP contribution in [0.15, 0.2) is 0 Å². The van der Waals surface area contributed by atoms with Gasteiger partial charge in [-0.25, -0.2) is 4.57 Å². The topological polar surface area (TPSA) is 380 Å². The summed E-state index contributed by atoms with van der Waals surface area (Å²) in [6, 6.07) is 0. The fraction of sp³-hybridized carbons (Fsp3) is 0.957. The lowest BCUT2D eigenvalue weighted by molar-refractivity contribution is -0.360. The Labute approximate surface area is 719 Å². The molecule has 0 amide bonds. The first-order valence-electron chi connectivity index (χ1n) is 48.8. The predicted octanol–water partition coefficient (Wildman–Crippen LogP) is 18.6. The van der Waals surface area contributed by atoms with Gasteiger partial charge in [0.1, 0.15) is 92.6 Å². The SMILES string of the molecule is CCCCCCCCCCCCCCCCCCC(=O)OCC(COP(=O)(O)OC1C(OC2OC(CO)C(O)C(O)C2O)C(O)C(O)C(OC(=O)CCCCCCCCCCCCCCC)C1OC1OC(COC(=O)CCCCCCCCCCCCCCCCC)C(O)C(O)C1O)OC(=O)CCCCCCCCCCCCCCCCCC. The average molecular weight is 1720 g/mol. The molecule has 18 atom stereocenters. The zero-order chi connectivity index (χ0) is 86.8. The quantitative estimate of drug-likeness (QED) is 0.0117. The van der Waals surface area contributed by atoms with Crippen molar-refractivity contribution in [1.82, 2.24) is 0 Å². The summed E-state index contributed by atoms with van der Waals surface area (Å²) in [7, 11) is -5.80. The molecule has 18 unspecified atom stereocenters. The lowest BCUT2D eigenvalue weighted by Crippen LogP contribution is -2.70. The van der Waals surface area contributed by atoms with Gasteiger partial charge in [-0.15, -0.1) is 0 Å². The first kappa shape index (κ1) is 111. The van der Waals surface area contributed by atoms with Gasteiger partial charge < -0.3 is 88.7 Å². The predicted molar refractivity (Wildman–Crippen MR) is 463 cm³/mol. The molecule has 25 nitrogen and oxygen atoms in total. The van der Waals surface area contributed by atoms with Gasteiger partial charge in [-0.05, 0) is 25.7 Å². The molecule has 3 aliphatic rings. The molecule has 2 saturated heterocycles. The molecular formula is C93H175O25P. The van der Waals surface area contributed by atoms with Crippen molar-refractivity contribution in [2.24, 2.45) is 0 Å². The van der Waals surface area contributed by atoms with Crippen LogP contribution >= 0.6 is 7.82 Å². The van der Waals surface area contributed by atoms with Crippen molar-refractivity contribution in [3.05, 3.63) is 0 Å². The van der Waals surface area contributed by atoms with Gasteiger partial charge in [-0.1, -0.05) is 387 Å². The van der Waals surface area contributed by atoms with Gasteiger partial charge in [-0.2, -0.15) is 0 Å². The summed E-state index contributed by atoms with van der Waals surface area (Å²) >= 11 is 0. The highest BCUT2D eigenvalue weighted by Gasteiger charge is 2.60. The van der Waals surface area contributed by atoms with E-state index in [9.17, 15) is 74.6 Å². The maximum atomic E-state index is 14.9. The van der Waals surface area contributed by atoms with Gasteiger partial charge >= 0.3 is 31.7 Å². The molecule has 26 heteroatoms. The lowest BCUT2D eigenvalue weighted by Gasteiger charge is -2.50. The highest BCUT2D eigenvalue weighted by atomic mass is 31.2. The van der Waals surface area contributed by atoms with E-state index in [4.69, 9.17) is 46.9 Å². The van der Waals surface area contributed by atoms with Gasteiger partial charge in [0.2, 0.25) is 0 Å². The number of carbonyl (C=O) groups is 4. The number of rotatable bonds is 80. The molecule has 0 aromatic heterocycles. The van der Waals surface area contributed by atoms with Crippen LogP contribution in [0.5, 0.6) is 0 Å². The summed E-state index contributed by atoms with van der Waals surface area (Å²) in [6.07, 6.45) is 30.7. The van der Waals surface area contributed by atoms with Crippen LogP contribution in [-0.4, -0.2) is 205 Å². The summed E-state index contributed by atoms with van der Waals surface area (Å²) < 4.78 is 73.6. The molecule has 702 valence electrons. The molecule has 3 fully saturated rings. The Balaban J connectivity index is 1.89. The highest BCUT2D eigenvalue weighted by molar-refractivity contribution is 7.47. The van der Waals surface area contributed by atoms with E-state index in [-0.39, 0.29) is 25.7 Å². The van der Waals surface area contributed by atoms with E-state index in [1.807, 2.05) is 0 Å². The highest BCUT2D eigenvalue weighted by Crippen LogP contribution is 2.49. The third-order valence-corrected chi connectivity index (χ3v) is 25.1. The molecule has 0 bridgehead atoms. The second kappa shape index (κ2) is 72.5. The van der Waals surface area contributed by atoms with E-state index in [0.717, 1.165) is 128 Å². The first-order valence-corrected chi connectivity index (χ1v) is 50.3. The van der Waals surface area contributed by atoms with Crippen LogP contribution in [0.25, 0.3) is 0 Å². The zero-order valence-electron chi connectivity index (χ0n) is 74.9. The molecule has 10 N–H and O–H groups in total. The van der Waals surface area contributed by atoms with Crippen LogP contribution in [0.2, 0.25) is 0 Å². The Kier molecular flexibility index (Phi) is 67.4. The largest absolute Gasteiger partial charge is 0.472 e. The number of ether oxygens (including phenoxy) is 8. The van der Waals surface area contributed by atoms with Gasteiger partial charge in [-0.3, -0.25) is 28.2 Å². The summed E-state index contributed by atoms with van der Waals surface area (Å²) in [4.78, 5) is 66.5. The third-order valence-electron chi connectivity index (χ3n) is 24.1. The molecule has 2 aliphatic heterocycles. The normalized spacial score (nSPS) is 24.8. The summed E-state index contributed by atoms with van der Waals surface area (Å²) in [6.45, 7) is 5.65. The smallest absolute Gasteiger partial charge is 0.463 e. The van der Waals surface area contributed by atoms with Gasteiger partial charge in [0.05, 0.1) is 13.2 Å². The molecule has 1 aliphatic carbocycles. The minimum absolute atomic E-state index is 0.0203. The van der Waals surface area contributed by atoms with E-state index >= 15 is 0 Å². The fourth-order valence-electron chi connectivity index (χ4n) is 16.4. The molecule has 0 aromatic carbocycles. The number of aliphatic hydroxyl groups is 9. The second-order valence-corrected chi connectivity index (χ2v) is 36.4. The second-order valence-electron chi connectivity index (χ2n) is 35.0. The molecule has 0 aromatic rings. The Morgan fingerprint density at radius 3 is 0.916 bits per heavy atom. The number of unbranched alkanes of at least 4 members (excludes halogenated alkanes) is 56. The molecule has 2 heterocycles.